The van der Waals surface area contributed by atoms with Gasteiger partial charge in [0.25, 0.3) is 0 Å². The van der Waals surface area contributed by atoms with Gasteiger partial charge in [-0.3, -0.25) is 19.2 Å². The molecule has 8 rings (SSSR count). The first-order valence-corrected chi connectivity index (χ1v) is 18.6. The molecule has 13 heteroatoms. The highest BCUT2D eigenvalue weighted by Crippen LogP contribution is 2.60. The summed E-state index contributed by atoms with van der Waals surface area (Å²) in [5, 5.41) is 26.4. The molecule has 7 aliphatic rings. The molecule has 2 amide bonds. The summed E-state index contributed by atoms with van der Waals surface area (Å²) < 4.78 is 23.8. The second-order valence-corrected chi connectivity index (χ2v) is 16.7. The van der Waals surface area contributed by atoms with E-state index in [1.165, 1.54) is 30.4 Å². The van der Waals surface area contributed by atoms with Gasteiger partial charge in [-0.15, -0.1) is 0 Å². The molecular weight excluding hydrogens is 658 g/mol. The fraction of sp³-hybridized carbons (Fsp3) is 0.711. The molecule has 3 saturated carbocycles. The molecule has 278 valence electrons. The van der Waals surface area contributed by atoms with Crippen LogP contribution in [0.5, 0.6) is 0 Å². The van der Waals surface area contributed by atoms with Crippen molar-refractivity contribution in [2.45, 2.75) is 127 Å². The number of carbonyl (C=O) groups is 3. The molecule has 4 saturated heterocycles. The number of hydroxylamine groups is 2. The topological polar surface area (TPSA) is 168 Å². The van der Waals surface area contributed by atoms with Crippen LogP contribution >= 0.6 is 0 Å². The number of nitrogens with one attached hydrogen (secondary N) is 2. The Morgan fingerprint density at radius 2 is 1.94 bits per heavy atom. The van der Waals surface area contributed by atoms with Gasteiger partial charge in [-0.05, 0) is 74.3 Å². The van der Waals surface area contributed by atoms with Crippen molar-refractivity contribution >= 4 is 23.9 Å². The number of epoxide rings is 1. The molecule has 12 atom stereocenters. The van der Waals surface area contributed by atoms with Crippen molar-refractivity contribution in [3.05, 3.63) is 41.0 Å². The van der Waals surface area contributed by atoms with Gasteiger partial charge in [0.2, 0.25) is 11.8 Å². The van der Waals surface area contributed by atoms with Crippen LogP contribution < -0.4 is 10.6 Å². The molecule has 1 aromatic rings. The quantitative estimate of drug-likeness (QED) is 0.219. The lowest BCUT2D eigenvalue weighted by atomic mass is 9.52. The highest BCUT2D eigenvalue weighted by Gasteiger charge is 2.75. The Hall–Kier alpha value is -2.91. The molecule has 13 nitrogen and oxygen atoms in total. The lowest BCUT2D eigenvalue weighted by molar-refractivity contribution is -0.201. The molecule has 4 heterocycles. The molecule has 3 aliphatic carbocycles. The van der Waals surface area contributed by atoms with Crippen LogP contribution in [-0.2, 0) is 44.7 Å². The van der Waals surface area contributed by atoms with E-state index < -0.39 is 65.8 Å². The number of hydrogen-bond donors (Lipinski definition) is 4. The number of rotatable bonds is 9. The van der Waals surface area contributed by atoms with E-state index in [0.717, 1.165) is 30.4 Å². The van der Waals surface area contributed by atoms with E-state index >= 15 is 0 Å². The van der Waals surface area contributed by atoms with E-state index in [-0.39, 0.29) is 38.5 Å². The van der Waals surface area contributed by atoms with E-state index in [2.05, 4.69) is 49.6 Å². The van der Waals surface area contributed by atoms with Crippen LogP contribution in [0.2, 0.25) is 0 Å². The fourth-order valence-corrected chi connectivity index (χ4v) is 10.2. The van der Waals surface area contributed by atoms with Crippen LogP contribution in [0.25, 0.3) is 6.08 Å². The van der Waals surface area contributed by atoms with Crippen LogP contribution in [0.3, 0.4) is 0 Å². The molecule has 51 heavy (non-hydrogen) atoms. The third-order valence-electron chi connectivity index (χ3n) is 13.0. The number of hydrogen-bond acceptors (Lipinski definition) is 11. The summed E-state index contributed by atoms with van der Waals surface area (Å²) in [7, 11) is 0. The van der Waals surface area contributed by atoms with Crippen LogP contribution in [0, 0.1) is 22.7 Å². The number of aliphatic hydroxyl groups is 2. The zero-order chi connectivity index (χ0) is 35.9. The Morgan fingerprint density at radius 3 is 2.71 bits per heavy atom. The van der Waals surface area contributed by atoms with Gasteiger partial charge in [-0.2, -0.15) is 5.06 Å². The molecule has 0 radical (unpaired) electrons. The Balaban J connectivity index is 1.07. The van der Waals surface area contributed by atoms with Crippen LogP contribution in [0.15, 0.2) is 29.8 Å². The highest BCUT2D eigenvalue weighted by molar-refractivity contribution is 5.96. The summed E-state index contributed by atoms with van der Waals surface area (Å²) in [5.74, 6) is -0.715. The Bertz CT molecular complexity index is 1600. The fourth-order valence-electron chi connectivity index (χ4n) is 10.2. The molecule has 7 fully saturated rings. The van der Waals surface area contributed by atoms with Crippen molar-refractivity contribution in [3.8, 4) is 0 Å². The average molecular weight is 710 g/mol. The largest absolute Gasteiger partial charge is 0.458 e. The third kappa shape index (κ3) is 5.93. The minimum Gasteiger partial charge on any atom is -0.458 e. The van der Waals surface area contributed by atoms with E-state index in [4.69, 9.17) is 23.8 Å². The second kappa shape index (κ2) is 12.9. The number of carbonyl (C=O) groups excluding carboxylic acids is 3. The average Bonchev–Trinajstić information content (AvgIpc) is 3.38. The van der Waals surface area contributed by atoms with Crippen molar-refractivity contribution in [2.75, 3.05) is 19.9 Å². The smallest absolute Gasteiger partial charge is 0.327 e. The molecule has 12 unspecified atom stereocenters. The van der Waals surface area contributed by atoms with Gasteiger partial charge in [-0.1, -0.05) is 49.8 Å². The normalized spacial score (nSPS) is 41.0. The molecule has 0 aromatic heterocycles. The summed E-state index contributed by atoms with van der Waals surface area (Å²) >= 11 is 0. The Morgan fingerprint density at radius 1 is 1.14 bits per heavy atom. The van der Waals surface area contributed by atoms with Crippen molar-refractivity contribution in [2.24, 2.45) is 22.7 Å². The number of esters is 1. The number of benzene rings is 1. The van der Waals surface area contributed by atoms with Crippen molar-refractivity contribution in [3.63, 3.8) is 0 Å². The molecular formula is C38H51N3O10. The maximum absolute atomic E-state index is 14.4. The summed E-state index contributed by atoms with van der Waals surface area (Å²) in [6.45, 7) is 8.24. The number of amides is 2. The summed E-state index contributed by atoms with van der Waals surface area (Å²) in [4.78, 5) is 47.8. The minimum atomic E-state index is -1.48. The van der Waals surface area contributed by atoms with Crippen molar-refractivity contribution in [1.29, 1.82) is 0 Å². The summed E-state index contributed by atoms with van der Waals surface area (Å²) in [6, 6.07) is 5.73. The first-order valence-electron chi connectivity index (χ1n) is 18.6. The lowest BCUT2D eigenvalue weighted by Crippen LogP contribution is -2.71. The van der Waals surface area contributed by atoms with Gasteiger partial charge in [-0.25, -0.2) is 0 Å². The number of ether oxygens (including phenoxy) is 4. The molecule has 4 N–H and O–H groups in total. The predicted molar refractivity (Wildman–Crippen MR) is 181 cm³/mol. The Labute approximate surface area is 298 Å². The zero-order valence-corrected chi connectivity index (χ0v) is 29.8. The van der Waals surface area contributed by atoms with Gasteiger partial charge < -0.3 is 39.8 Å². The lowest BCUT2D eigenvalue weighted by Gasteiger charge is -2.53. The van der Waals surface area contributed by atoms with Crippen LogP contribution in [0.1, 0.15) is 77.3 Å². The highest BCUT2D eigenvalue weighted by atomic mass is 16.8. The van der Waals surface area contributed by atoms with Gasteiger partial charge >= 0.3 is 5.97 Å². The maximum Gasteiger partial charge on any atom is 0.327 e. The van der Waals surface area contributed by atoms with Crippen molar-refractivity contribution < 1.29 is 48.4 Å². The zero-order valence-electron chi connectivity index (χ0n) is 29.8. The SMILES string of the molecule is CC(O)C(NC(=O)C12CC3OC(=O)C1N(Cc1cccc(C=C4CCC5OC5(C)CCC5C4CC5(C)C)c1)OC2C1OCOC31)C(=O)NCCO. The first kappa shape index (κ1) is 35.1. The molecule has 0 spiro atoms. The summed E-state index contributed by atoms with van der Waals surface area (Å²) in [6.07, 6.45) is 4.03. The minimum absolute atomic E-state index is 0.0201. The number of aliphatic hydroxyl groups excluding tert-OH is 2. The maximum atomic E-state index is 14.4. The molecule has 1 aromatic carbocycles. The third-order valence-corrected chi connectivity index (χ3v) is 13.0. The van der Waals surface area contributed by atoms with Gasteiger partial charge in [0.15, 0.2) is 6.04 Å². The number of allylic oxidation sites excluding steroid dienone is 1. The number of nitrogens with zero attached hydrogens (tertiary/aromatic N) is 1. The van der Waals surface area contributed by atoms with E-state index in [1.54, 1.807) is 0 Å². The van der Waals surface area contributed by atoms with Crippen molar-refractivity contribution in [1.82, 2.24) is 15.7 Å². The van der Waals surface area contributed by atoms with Gasteiger partial charge in [0.05, 0.1) is 31.0 Å². The Kier molecular flexibility index (Phi) is 8.88. The van der Waals surface area contributed by atoms with Crippen LogP contribution in [-0.4, -0.2) is 107 Å². The first-order chi connectivity index (χ1) is 24.3. The van der Waals surface area contributed by atoms with E-state index in [9.17, 15) is 24.6 Å². The second-order valence-electron chi connectivity index (χ2n) is 16.7. The van der Waals surface area contributed by atoms with E-state index in [1.807, 2.05) is 12.1 Å². The van der Waals surface area contributed by atoms with Gasteiger partial charge in [0.1, 0.15) is 42.7 Å². The molecule has 4 aliphatic heterocycles. The summed E-state index contributed by atoms with van der Waals surface area (Å²) in [5.41, 5.74) is 2.28. The number of fused-ring (bicyclic) bond motifs is 6. The van der Waals surface area contributed by atoms with Crippen LogP contribution in [0.4, 0.5) is 0 Å². The molecule has 2 bridgehead atoms. The standard InChI is InChI=1S/C38H51N3O10/c1-20(43)28(33(44)39-12-13-42)40-35(46)38-17-26-29-30(48-19-47-29)32(38)51-41(31(38)34(45)49-26)18-22-7-5-6-21(14-22)15-23-8-9-27-37(4,50-27)11-10-25-24(23)16-36(25,2)3/h5-7,14-15,20,24-32,42-43H,8-13,16-19H2,1-4H3,(H,39,44)(H,40,46). The van der Waals surface area contributed by atoms with Gasteiger partial charge in [0, 0.05) is 13.0 Å². The van der Waals surface area contributed by atoms with E-state index in [0.29, 0.717) is 23.4 Å². The predicted octanol–water partition coefficient (Wildman–Crippen LogP) is 1.98. The monoisotopic (exact) mass is 709 g/mol.